The van der Waals surface area contributed by atoms with Crippen LogP contribution in [0.15, 0.2) is 12.3 Å². The summed E-state index contributed by atoms with van der Waals surface area (Å²) in [4.78, 5) is 8.50. The highest BCUT2D eigenvalue weighted by molar-refractivity contribution is 4.62. The molecule has 0 spiro atoms. The molecule has 0 atom stereocenters. The highest BCUT2D eigenvalue weighted by Gasteiger charge is 1.59. The summed E-state index contributed by atoms with van der Waals surface area (Å²) >= 11 is 0. The van der Waals surface area contributed by atoms with E-state index in [4.69, 9.17) is 0 Å². The second-order valence-corrected chi connectivity index (χ2v) is 0.732. The smallest absolute Gasteiger partial charge is 0.125 e. The van der Waals surface area contributed by atoms with Crippen LogP contribution in [0.25, 0.3) is 0 Å². The molecule has 0 fully saturated rings. The van der Waals surface area contributed by atoms with E-state index in [1.807, 2.05) is 6.92 Å². The second-order valence-electron chi connectivity index (χ2n) is 0.732. The highest BCUT2D eigenvalue weighted by Crippen LogP contribution is 1.72. The first-order chi connectivity index (χ1) is 2.91. The van der Waals surface area contributed by atoms with E-state index in [2.05, 4.69) is 9.78 Å². The topological polar surface area (TPSA) is 18.5 Å². The minimum atomic E-state index is 1.46. The quantitative estimate of drug-likeness (QED) is 0.286. The molecule has 0 N–H and O–H groups in total. The molecule has 0 aromatic heterocycles. The lowest BCUT2D eigenvalue weighted by Gasteiger charge is -1.85. The van der Waals surface area contributed by atoms with Gasteiger partial charge in [-0.05, 0) is 13.0 Å². The molecule has 0 saturated heterocycles. The van der Waals surface area contributed by atoms with Crippen molar-refractivity contribution in [3.8, 4) is 0 Å². The van der Waals surface area contributed by atoms with Crippen LogP contribution in [0.1, 0.15) is 6.92 Å². The van der Waals surface area contributed by atoms with Crippen molar-refractivity contribution in [2.45, 2.75) is 6.92 Å². The van der Waals surface area contributed by atoms with E-state index in [1.165, 1.54) is 13.4 Å². The van der Waals surface area contributed by atoms with Crippen molar-refractivity contribution in [1.29, 1.82) is 0 Å². The molecule has 6 heavy (non-hydrogen) atoms. The summed E-state index contributed by atoms with van der Waals surface area (Å²) in [7, 11) is 1.46. The third-order valence-corrected chi connectivity index (χ3v) is 0.288. The van der Waals surface area contributed by atoms with Crippen LogP contribution >= 0.6 is 0 Å². The Hall–Kier alpha value is -0.500. The summed E-state index contributed by atoms with van der Waals surface area (Å²) in [6.07, 6.45) is 3.20. The van der Waals surface area contributed by atoms with E-state index >= 15 is 0 Å². The largest absolute Gasteiger partial charge is 0.346 e. The van der Waals surface area contributed by atoms with Crippen molar-refractivity contribution >= 4 is 0 Å². The molecule has 0 aliphatic carbocycles. The van der Waals surface area contributed by atoms with Crippen LogP contribution in [-0.2, 0) is 9.78 Å². The van der Waals surface area contributed by atoms with Crippen LogP contribution in [0.3, 0.4) is 0 Å². The summed E-state index contributed by atoms with van der Waals surface area (Å²) in [6.45, 7) is 1.85. The molecule has 0 bridgehead atoms. The van der Waals surface area contributed by atoms with Crippen LogP contribution in [0.4, 0.5) is 0 Å². The lowest BCUT2D eigenvalue weighted by molar-refractivity contribution is -0.222. The molecular weight excluding hydrogens is 80.0 g/mol. The molecule has 0 radical (unpaired) electrons. The fraction of sp³-hybridized carbons (Fsp3) is 0.500. The minimum Gasteiger partial charge on any atom is -0.346 e. The average Bonchev–Trinajstić information content (AvgIpc) is 1.61. The van der Waals surface area contributed by atoms with Gasteiger partial charge in [-0.15, -0.1) is 0 Å². The van der Waals surface area contributed by atoms with Crippen LogP contribution in [0.5, 0.6) is 0 Å². The number of hydrogen-bond acceptors (Lipinski definition) is 2. The first-order valence-electron chi connectivity index (χ1n) is 1.72. The third kappa shape index (κ3) is 3.50. The minimum absolute atomic E-state index is 1.46. The van der Waals surface area contributed by atoms with Gasteiger partial charge in [0.2, 0.25) is 0 Å². The molecule has 0 unspecified atom stereocenters. The zero-order valence-electron chi connectivity index (χ0n) is 3.97. The standard InChI is InChI=1S/C4H8O2/c1-3-4-6-5-2/h3-4H,1-2H3. The summed E-state index contributed by atoms with van der Waals surface area (Å²) in [5.74, 6) is 0. The first kappa shape index (κ1) is 5.50. The predicted molar refractivity (Wildman–Crippen MR) is 22.9 cm³/mol. The van der Waals surface area contributed by atoms with Crippen LogP contribution < -0.4 is 0 Å². The first-order valence-corrected chi connectivity index (χ1v) is 1.72. The lowest BCUT2D eigenvalue weighted by Crippen LogP contribution is -1.73. The summed E-state index contributed by atoms with van der Waals surface area (Å²) in [6, 6.07) is 0. The number of hydrogen-bond donors (Lipinski definition) is 0. The van der Waals surface area contributed by atoms with Gasteiger partial charge in [-0.1, -0.05) is 0 Å². The van der Waals surface area contributed by atoms with Gasteiger partial charge in [0.25, 0.3) is 0 Å². The predicted octanol–water partition coefficient (Wildman–Crippen LogP) is 1.10. The highest BCUT2D eigenvalue weighted by atomic mass is 17.2. The van der Waals surface area contributed by atoms with E-state index < -0.39 is 0 Å². The number of rotatable bonds is 2. The monoisotopic (exact) mass is 88.1 g/mol. The van der Waals surface area contributed by atoms with Crippen molar-refractivity contribution in [3.05, 3.63) is 12.3 Å². The maximum Gasteiger partial charge on any atom is 0.125 e. The van der Waals surface area contributed by atoms with Crippen molar-refractivity contribution < 1.29 is 9.78 Å². The zero-order valence-corrected chi connectivity index (χ0v) is 3.97. The van der Waals surface area contributed by atoms with Crippen molar-refractivity contribution in [1.82, 2.24) is 0 Å². The SMILES string of the molecule is CC=COOC. The van der Waals surface area contributed by atoms with Gasteiger partial charge in [0, 0.05) is 0 Å². The Morgan fingerprint density at radius 3 is 2.33 bits per heavy atom. The lowest BCUT2D eigenvalue weighted by atomic mass is 10.7. The molecule has 0 amide bonds. The molecule has 36 valence electrons. The van der Waals surface area contributed by atoms with E-state index in [0.29, 0.717) is 0 Å². The Labute approximate surface area is 37.3 Å². The van der Waals surface area contributed by atoms with Gasteiger partial charge in [0.15, 0.2) is 0 Å². The van der Waals surface area contributed by atoms with Gasteiger partial charge in [-0.3, -0.25) is 0 Å². The van der Waals surface area contributed by atoms with E-state index in [1.54, 1.807) is 6.08 Å². The van der Waals surface area contributed by atoms with Gasteiger partial charge in [0.1, 0.15) is 6.26 Å². The van der Waals surface area contributed by atoms with Crippen LogP contribution in [-0.4, -0.2) is 7.11 Å². The molecular formula is C4H8O2. The molecule has 0 aromatic rings. The zero-order chi connectivity index (χ0) is 4.83. The van der Waals surface area contributed by atoms with Gasteiger partial charge in [-0.2, -0.15) is 4.89 Å². The van der Waals surface area contributed by atoms with Gasteiger partial charge in [-0.25, -0.2) is 0 Å². The Balaban J connectivity index is 2.66. The molecule has 0 aromatic carbocycles. The Morgan fingerprint density at radius 2 is 2.17 bits per heavy atom. The van der Waals surface area contributed by atoms with E-state index in [-0.39, 0.29) is 0 Å². The summed E-state index contributed by atoms with van der Waals surface area (Å²) in [5.41, 5.74) is 0. The van der Waals surface area contributed by atoms with Crippen LogP contribution in [0, 0.1) is 0 Å². The summed E-state index contributed by atoms with van der Waals surface area (Å²) < 4.78 is 0. The molecule has 2 heteroatoms. The molecule has 0 rings (SSSR count). The van der Waals surface area contributed by atoms with E-state index in [0.717, 1.165) is 0 Å². The van der Waals surface area contributed by atoms with Crippen LogP contribution in [0.2, 0.25) is 0 Å². The maximum atomic E-state index is 4.30. The van der Waals surface area contributed by atoms with Gasteiger partial charge in [0.05, 0.1) is 7.11 Å². The van der Waals surface area contributed by atoms with Gasteiger partial charge >= 0.3 is 0 Å². The Morgan fingerprint density at radius 1 is 1.50 bits per heavy atom. The van der Waals surface area contributed by atoms with E-state index in [9.17, 15) is 0 Å². The summed E-state index contributed by atoms with van der Waals surface area (Å²) in [5, 5.41) is 0. The molecule has 2 nitrogen and oxygen atoms in total. The normalized spacial score (nSPS) is 9.67. The molecule has 0 heterocycles. The number of allylic oxidation sites excluding steroid dienone is 1. The fourth-order valence-electron chi connectivity index (χ4n) is 0.111. The fourth-order valence-corrected chi connectivity index (χ4v) is 0.111. The molecule has 0 aliphatic rings. The van der Waals surface area contributed by atoms with Gasteiger partial charge < -0.3 is 4.89 Å². The third-order valence-electron chi connectivity index (χ3n) is 0.288. The van der Waals surface area contributed by atoms with Crippen molar-refractivity contribution in [2.75, 3.05) is 7.11 Å². The second kappa shape index (κ2) is 4.50. The van der Waals surface area contributed by atoms with Crippen molar-refractivity contribution in [3.63, 3.8) is 0 Å². The molecule has 0 saturated carbocycles. The average molecular weight is 88.1 g/mol. The maximum absolute atomic E-state index is 4.30. The Kier molecular flexibility index (Phi) is 4.12. The molecule has 0 aliphatic heterocycles. The Bertz CT molecular complexity index is 40.8. The van der Waals surface area contributed by atoms with Crippen molar-refractivity contribution in [2.24, 2.45) is 0 Å².